The fraction of sp³-hybridized carbons (Fsp3) is 0.368. The van der Waals surface area contributed by atoms with Crippen LogP contribution in [-0.2, 0) is 9.53 Å². The van der Waals surface area contributed by atoms with Crippen molar-refractivity contribution in [2.75, 3.05) is 7.11 Å². The molecule has 1 spiro atoms. The lowest BCUT2D eigenvalue weighted by molar-refractivity contribution is -0.172. The molecule has 2 amide bonds. The summed E-state index contributed by atoms with van der Waals surface area (Å²) < 4.78 is 4.71. The van der Waals surface area contributed by atoms with Gasteiger partial charge in [-0.05, 0) is 38.5 Å². The van der Waals surface area contributed by atoms with Crippen LogP contribution in [-0.4, -0.2) is 34.4 Å². The molecule has 0 aromatic heterocycles. The average Bonchev–Trinajstić information content (AvgIpc) is 2.57. The van der Waals surface area contributed by atoms with Gasteiger partial charge in [0.05, 0.1) is 13.2 Å². The predicted molar refractivity (Wildman–Crippen MR) is 100 cm³/mol. The summed E-state index contributed by atoms with van der Waals surface area (Å²) in [7, 11) is 1.24. The van der Waals surface area contributed by atoms with Crippen LogP contribution >= 0.6 is 23.2 Å². The molecule has 0 N–H and O–H groups in total. The number of halogens is 2. The molecular formula is C19H20Cl2N2O3. The van der Waals surface area contributed by atoms with Crippen molar-refractivity contribution in [3.05, 3.63) is 58.4 Å². The number of methoxy groups -OCH3 is 1. The van der Waals surface area contributed by atoms with E-state index < -0.39 is 11.5 Å². The molecule has 0 saturated carbocycles. The quantitative estimate of drug-likeness (QED) is 0.516. The van der Waals surface area contributed by atoms with Gasteiger partial charge >= 0.3 is 6.09 Å². The Morgan fingerprint density at radius 2 is 1.65 bits per heavy atom. The van der Waals surface area contributed by atoms with E-state index >= 15 is 0 Å². The van der Waals surface area contributed by atoms with Gasteiger partial charge in [-0.15, -0.1) is 0 Å². The fourth-order valence-corrected chi connectivity index (χ4v) is 4.28. The highest BCUT2D eigenvalue weighted by molar-refractivity contribution is 6.35. The van der Waals surface area contributed by atoms with Crippen molar-refractivity contribution in [2.24, 2.45) is 5.41 Å². The molecule has 2 heterocycles. The minimum atomic E-state index is -1.03. The Kier molecular flexibility index (Phi) is 4.57. The molecule has 1 fully saturated rings. The molecule has 138 valence electrons. The Balaban J connectivity index is 2.13. The number of carbonyl (C=O) groups excluding carboxylic acids is 2. The van der Waals surface area contributed by atoms with Gasteiger partial charge in [-0.25, -0.2) is 9.69 Å². The summed E-state index contributed by atoms with van der Waals surface area (Å²) in [6, 6.07) is 9.42. The Morgan fingerprint density at radius 3 is 2.12 bits per heavy atom. The number of likely N-dealkylation sites (tertiary alicyclic amines) is 1. The van der Waals surface area contributed by atoms with Crippen LogP contribution in [0, 0.1) is 5.41 Å². The van der Waals surface area contributed by atoms with Crippen molar-refractivity contribution in [3.8, 4) is 0 Å². The molecule has 0 bridgehead atoms. The van der Waals surface area contributed by atoms with Crippen LogP contribution in [0.1, 0.15) is 32.4 Å². The van der Waals surface area contributed by atoms with Crippen LogP contribution < -0.4 is 0 Å². The van der Waals surface area contributed by atoms with E-state index in [4.69, 9.17) is 27.9 Å². The van der Waals surface area contributed by atoms with Crippen LogP contribution in [0.3, 0.4) is 0 Å². The summed E-state index contributed by atoms with van der Waals surface area (Å²) in [5.41, 5.74) is -0.453. The summed E-state index contributed by atoms with van der Waals surface area (Å²) in [6.45, 7) is 5.94. The first kappa shape index (κ1) is 18.8. The Labute approximate surface area is 162 Å². The number of benzene rings is 1. The van der Waals surface area contributed by atoms with Crippen molar-refractivity contribution < 1.29 is 14.3 Å². The molecule has 1 aromatic rings. The highest BCUT2D eigenvalue weighted by Crippen LogP contribution is 2.58. The van der Waals surface area contributed by atoms with Crippen molar-refractivity contribution >= 4 is 35.2 Å². The number of rotatable bonds is 1. The van der Waals surface area contributed by atoms with E-state index in [0.29, 0.717) is 0 Å². The second-order valence-electron chi connectivity index (χ2n) is 7.33. The number of β-lactam (4-membered cyclic amide) rings is 1. The number of hydrogen-bond acceptors (Lipinski definition) is 3. The summed E-state index contributed by atoms with van der Waals surface area (Å²) in [6.07, 6.45) is 2.46. The highest BCUT2D eigenvalue weighted by Gasteiger charge is 2.63. The number of nitrogens with zero attached hydrogens (tertiary/aromatic N) is 2. The predicted octanol–water partition coefficient (Wildman–Crippen LogP) is 4.60. The maximum absolute atomic E-state index is 13.2. The summed E-state index contributed by atoms with van der Waals surface area (Å²) in [4.78, 5) is 28.0. The maximum atomic E-state index is 13.2. The Hall–Kier alpha value is -1.98. The Bertz CT molecular complexity index is 792. The number of hydrogen-bond donors (Lipinski definition) is 0. The normalized spacial score (nSPS) is 21.9. The topological polar surface area (TPSA) is 49.9 Å². The molecular weight excluding hydrogens is 375 g/mol. The van der Waals surface area contributed by atoms with Gasteiger partial charge in [0.2, 0.25) is 5.91 Å². The minimum absolute atomic E-state index is 0.0483. The SMILES string of the molecule is COC(=O)N1C(Cl)=CC2(C=C1Cl)C(=O)N(C(C)(C)C)[C@@H]2c1ccccc1. The largest absolute Gasteiger partial charge is 0.452 e. The molecule has 2 aliphatic heterocycles. The molecule has 1 saturated heterocycles. The molecule has 26 heavy (non-hydrogen) atoms. The third-order valence-electron chi connectivity index (χ3n) is 4.64. The smallest absolute Gasteiger partial charge is 0.420 e. The number of carbonyl (C=O) groups is 2. The van der Waals surface area contributed by atoms with Crippen molar-refractivity contribution in [1.29, 1.82) is 0 Å². The van der Waals surface area contributed by atoms with Crippen LogP contribution in [0.2, 0.25) is 0 Å². The molecule has 3 rings (SSSR count). The van der Waals surface area contributed by atoms with Gasteiger partial charge in [0.1, 0.15) is 15.7 Å². The summed E-state index contributed by atoms with van der Waals surface area (Å²) in [5.74, 6) is -0.111. The number of amides is 2. The summed E-state index contributed by atoms with van der Waals surface area (Å²) in [5, 5.41) is 0.0966. The monoisotopic (exact) mass is 394 g/mol. The molecule has 1 atom stereocenters. The zero-order chi connectivity index (χ0) is 19.3. The lowest BCUT2D eigenvalue weighted by Crippen LogP contribution is -2.68. The van der Waals surface area contributed by atoms with Crippen LogP contribution in [0.25, 0.3) is 0 Å². The zero-order valence-corrected chi connectivity index (χ0v) is 16.5. The lowest BCUT2D eigenvalue weighted by atomic mass is 9.65. The van der Waals surface area contributed by atoms with E-state index in [1.54, 1.807) is 12.2 Å². The van der Waals surface area contributed by atoms with E-state index in [-0.39, 0.29) is 27.8 Å². The molecule has 0 aliphatic carbocycles. The van der Waals surface area contributed by atoms with Gasteiger partial charge in [-0.3, -0.25) is 4.79 Å². The first-order valence-electron chi connectivity index (χ1n) is 8.17. The third-order valence-corrected chi connectivity index (χ3v) is 5.19. The lowest BCUT2D eigenvalue weighted by Gasteiger charge is -2.60. The first-order chi connectivity index (χ1) is 12.1. The molecule has 0 unspecified atom stereocenters. The van der Waals surface area contributed by atoms with Gasteiger partial charge in [0.25, 0.3) is 0 Å². The van der Waals surface area contributed by atoms with Gasteiger partial charge in [-0.2, -0.15) is 0 Å². The average molecular weight is 395 g/mol. The standard InChI is InChI=1S/C19H20Cl2N2O3/c1-18(2,3)23-15(12-8-6-5-7-9-12)19(16(23)24)10-13(20)22(14(21)11-19)17(25)26-4/h5-11,15H,1-4H3/t15-/m1/s1. The van der Waals surface area contributed by atoms with E-state index in [1.807, 2.05) is 56.0 Å². The Morgan fingerprint density at radius 1 is 1.12 bits per heavy atom. The van der Waals surface area contributed by atoms with Crippen LogP contribution in [0.4, 0.5) is 4.79 Å². The number of ether oxygens (including phenoxy) is 1. The molecule has 1 aromatic carbocycles. The van der Waals surface area contributed by atoms with Gasteiger partial charge in [0, 0.05) is 5.54 Å². The first-order valence-corrected chi connectivity index (χ1v) is 8.92. The molecule has 0 radical (unpaired) electrons. The summed E-state index contributed by atoms with van der Waals surface area (Å²) >= 11 is 12.6. The van der Waals surface area contributed by atoms with E-state index in [2.05, 4.69) is 0 Å². The van der Waals surface area contributed by atoms with Gasteiger partial charge in [0.15, 0.2) is 0 Å². The van der Waals surface area contributed by atoms with Crippen molar-refractivity contribution in [1.82, 2.24) is 9.80 Å². The van der Waals surface area contributed by atoms with Crippen molar-refractivity contribution in [2.45, 2.75) is 32.4 Å². The van der Waals surface area contributed by atoms with E-state index in [0.717, 1.165) is 10.5 Å². The maximum Gasteiger partial charge on any atom is 0.420 e. The zero-order valence-electron chi connectivity index (χ0n) is 15.0. The van der Waals surface area contributed by atoms with Gasteiger partial charge in [-0.1, -0.05) is 53.5 Å². The fourth-order valence-electron chi connectivity index (χ4n) is 3.56. The van der Waals surface area contributed by atoms with Crippen LogP contribution in [0.5, 0.6) is 0 Å². The van der Waals surface area contributed by atoms with E-state index in [1.165, 1.54) is 7.11 Å². The third kappa shape index (κ3) is 2.70. The highest BCUT2D eigenvalue weighted by atomic mass is 35.5. The second kappa shape index (κ2) is 6.32. The molecule has 7 heteroatoms. The molecule has 5 nitrogen and oxygen atoms in total. The van der Waals surface area contributed by atoms with Crippen LogP contribution in [0.15, 0.2) is 52.8 Å². The molecule has 2 aliphatic rings. The minimum Gasteiger partial charge on any atom is -0.452 e. The van der Waals surface area contributed by atoms with Crippen molar-refractivity contribution in [3.63, 3.8) is 0 Å². The second-order valence-corrected chi connectivity index (χ2v) is 8.11. The van der Waals surface area contributed by atoms with E-state index in [9.17, 15) is 9.59 Å². The van der Waals surface area contributed by atoms with Gasteiger partial charge < -0.3 is 9.64 Å².